The molecule has 0 N–H and O–H groups in total. The van der Waals surface area contributed by atoms with Gasteiger partial charge in [0.05, 0.1) is 6.42 Å². The van der Waals surface area contributed by atoms with Gasteiger partial charge in [-0.3, -0.25) is 4.79 Å². The minimum Gasteiger partial charge on any atom is -0.334 e. The lowest BCUT2D eigenvalue weighted by molar-refractivity contribution is -0.161. The molecule has 2 bridgehead atoms. The molecule has 92 valence electrons. The monoisotopic (exact) mass is 348 g/mol. The zero-order valence-corrected chi connectivity index (χ0v) is 10.7. The van der Waals surface area contributed by atoms with E-state index in [-0.39, 0.29) is 18.0 Å². The maximum Gasteiger partial charge on any atom is 0.389 e. The van der Waals surface area contributed by atoms with E-state index >= 15 is 0 Å². The van der Waals surface area contributed by atoms with E-state index in [1.165, 1.54) is 0 Å². The minimum atomic E-state index is -4.23. The van der Waals surface area contributed by atoms with Gasteiger partial charge in [-0.25, -0.2) is 3.11 Å². The predicted molar refractivity (Wildman–Crippen MR) is 59.9 cm³/mol. The van der Waals surface area contributed by atoms with E-state index in [0.717, 1.165) is 19.5 Å². The molecule has 0 spiro atoms. The highest BCUT2D eigenvalue weighted by Gasteiger charge is 2.46. The lowest BCUT2D eigenvalue weighted by Gasteiger charge is -2.55. The molecule has 0 aromatic rings. The number of piperidine rings is 1. The van der Waals surface area contributed by atoms with Gasteiger partial charge in [-0.05, 0) is 6.42 Å². The largest absolute Gasteiger partial charge is 0.389 e. The Morgan fingerprint density at radius 3 is 2.38 bits per heavy atom. The number of rotatable bonds is 2. The number of fused-ring (bicyclic) bond motifs is 2. The van der Waals surface area contributed by atoms with Gasteiger partial charge >= 0.3 is 6.18 Å². The first-order valence-corrected chi connectivity index (χ1v) is 6.12. The first kappa shape index (κ1) is 12.4. The van der Waals surface area contributed by atoms with Gasteiger partial charge in [-0.2, -0.15) is 13.2 Å². The van der Waals surface area contributed by atoms with Crippen molar-refractivity contribution in [3.05, 3.63) is 0 Å². The van der Waals surface area contributed by atoms with Crippen molar-refractivity contribution in [2.24, 2.45) is 0 Å². The van der Waals surface area contributed by atoms with Crippen molar-refractivity contribution in [2.75, 3.05) is 13.1 Å². The fourth-order valence-corrected chi connectivity index (χ4v) is 3.25. The van der Waals surface area contributed by atoms with Crippen molar-refractivity contribution < 1.29 is 18.0 Å². The number of halogens is 4. The summed E-state index contributed by atoms with van der Waals surface area (Å²) in [4.78, 5) is 13.2. The quantitative estimate of drug-likeness (QED) is 0.563. The number of piperazine rings is 1. The molecule has 3 aliphatic heterocycles. The molecule has 0 saturated carbocycles. The third kappa shape index (κ3) is 2.61. The maximum atomic E-state index is 12.0. The summed E-state index contributed by atoms with van der Waals surface area (Å²) in [6.07, 6.45) is -4.70. The van der Waals surface area contributed by atoms with Crippen LogP contribution < -0.4 is 0 Å². The molecule has 3 rings (SSSR count). The van der Waals surface area contributed by atoms with Crippen molar-refractivity contribution in [2.45, 2.75) is 37.5 Å². The molecule has 1 amide bonds. The summed E-state index contributed by atoms with van der Waals surface area (Å²) < 4.78 is 38.0. The van der Waals surface area contributed by atoms with E-state index in [0.29, 0.717) is 0 Å². The molecule has 7 heteroatoms. The van der Waals surface area contributed by atoms with Crippen LogP contribution in [0.5, 0.6) is 0 Å². The third-order valence-electron chi connectivity index (χ3n) is 3.06. The highest BCUT2D eigenvalue weighted by atomic mass is 127. The van der Waals surface area contributed by atoms with Gasteiger partial charge < -0.3 is 4.90 Å². The lowest BCUT2D eigenvalue weighted by Crippen LogP contribution is -2.68. The van der Waals surface area contributed by atoms with Crippen molar-refractivity contribution >= 4 is 28.8 Å². The van der Waals surface area contributed by atoms with Crippen LogP contribution in [0.3, 0.4) is 0 Å². The summed E-state index contributed by atoms with van der Waals surface area (Å²) in [5, 5.41) is 0. The molecule has 0 aliphatic carbocycles. The molecule has 0 radical (unpaired) electrons. The van der Waals surface area contributed by atoms with Crippen molar-refractivity contribution in [1.29, 1.82) is 0 Å². The second-order valence-corrected chi connectivity index (χ2v) is 5.65. The number of carbonyl (C=O) groups is 1. The van der Waals surface area contributed by atoms with Gasteiger partial charge in [0, 0.05) is 54.5 Å². The standard InChI is InChI=1S/C9H12F3IN2O/c10-9(11,12)2-1-8(16)15-6-3-7(15)5-14(13)4-6/h6-7H,1-5H2. The van der Waals surface area contributed by atoms with E-state index in [4.69, 9.17) is 0 Å². The molecule has 0 aromatic heterocycles. The molecule has 2 atom stereocenters. The minimum absolute atomic E-state index is 0.136. The summed E-state index contributed by atoms with van der Waals surface area (Å²) in [6.45, 7) is 1.55. The molecule has 16 heavy (non-hydrogen) atoms. The Morgan fingerprint density at radius 1 is 1.31 bits per heavy atom. The molecule has 3 saturated heterocycles. The van der Waals surface area contributed by atoms with E-state index in [1.807, 2.05) is 0 Å². The SMILES string of the molecule is O=C(CCC(F)(F)F)N1C2CC1CN(I)C2. The zero-order chi connectivity index (χ0) is 11.9. The van der Waals surface area contributed by atoms with Crippen LogP contribution in [-0.2, 0) is 4.79 Å². The van der Waals surface area contributed by atoms with Gasteiger partial charge in [0.1, 0.15) is 0 Å². The van der Waals surface area contributed by atoms with Crippen LogP contribution in [0.2, 0.25) is 0 Å². The number of hydrogen-bond acceptors (Lipinski definition) is 2. The summed E-state index contributed by atoms with van der Waals surface area (Å²) in [7, 11) is 0. The van der Waals surface area contributed by atoms with Crippen LogP contribution in [0.25, 0.3) is 0 Å². The van der Waals surface area contributed by atoms with E-state index in [9.17, 15) is 18.0 Å². The van der Waals surface area contributed by atoms with Crippen LogP contribution in [-0.4, -0.2) is 45.3 Å². The van der Waals surface area contributed by atoms with Crippen LogP contribution in [0.1, 0.15) is 19.3 Å². The van der Waals surface area contributed by atoms with Crippen LogP contribution in [0.4, 0.5) is 13.2 Å². The summed E-state index contributed by atoms with van der Waals surface area (Å²) >= 11 is 2.19. The lowest BCUT2D eigenvalue weighted by atomic mass is 9.88. The average Bonchev–Trinajstić information content (AvgIpc) is 2.13. The van der Waals surface area contributed by atoms with Crippen LogP contribution in [0.15, 0.2) is 0 Å². The molecule has 3 heterocycles. The Balaban J connectivity index is 1.83. The van der Waals surface area contributed by atoms with Crippen molar-refractivity contribution in [3.8, 4) is 0 Å². The molecule has 3 fully saturated rings. The summed E-state index contributed by atoms with van der Waals surface area (Å²) in [6, 6.07) is 0.271. The van der Waals surface area contributed by atoms with Crippen LogP contribution in [0, 0.1) is 0 Å². The Hall–Kier alpha value is -0.0500. The average molecular weight is 348 g/mol. The Morgan fingerprint density at radius 2 is 1.88 bits per heavy atom. The fraction of sp³-hybridized carbons (Fsp3) is 0.889. The molecular formula is C9H12F3IN2O. The number of carbonyl (C=O) groups excluding carboxylic acids is 1. The fourth-order valence-electron chi connectivity index (χ4n) is 2.34. The topological polar surface area (TPSA) is 23.6 Å². The highest BCUT2D eigenvalue weighted by Crippen LogP contribution is 2.35. The summed E-state index contributed by atoms with van der Waals surface area (Å²) in [5.74, 6) is -0.344. The molecule has 3 aliphatic rings. The van der Waals surface area contributed by atoms with Gasteiger partial charge in [0.15, 0.2) is 0 Å². The number of amides is 1. The highest BCUT2D eigenvalue weighted by molar-refractivity contribution is 14.1. The van der Waals surface area contributed by atoms with Gasteiger partial charge in [0.2, 0.25) is 5.91 Å². The Bertz CT molecular complexity index is 285. The molecule has 0 aromatic carbocycles. The maximum absolute atomic E-state index is 12.0. The second kappa shape index (κ2) is 4.32. The first-order chi connectivity index (χ1) is 7.37. The van der Waals surface area contributed by atoms with Gasteiger partial charge in [0.25, 0.3) is 0 Å². The number of hydrogen-bond donors (Lipinski definition) is 0. The van der Waals surface area contributed by atoms with E-state index in [2.05, 4.69) is 26.0 Å². The van der Waals surface area contributed by atoms with E-state index < -0.39 is 19.0 Å². The van der Waals surface area contributed by atoms with Gasteiger partial charge in [-0.1, -0.05) is 0 Å². The smallest absolute Gasteiger partial charge is 0.334 e. The molecular weight excluding hydrogens is 336 g/mol. The van der Waals surface area contributed by atoms with Crippen molar-refractivity contribution in [3.63, 3.8) is 0 Å². The van der Waals surface area contributed by atoms with Crippen LogP contribution >= 0.6 is 22.9 Å². The van der Waals surface area contributed by atoms with Crippen molar-refractivity contribution in [1.82, 2.24) is 8.01 Å². The zero-order valence-electron chi connectivity index (χ0n) is 8.50. The van der Waals surface area contributed by atoms with Gasteiger partial charge in [-0.15, -0.1) is 0 Å². The predicted octanol–water partition coefficient (Wildman–Crippen LogP) is 1.96. The number of alkyl halides is 3. The first-order valence-electron chi connectivity index (χ1n) is 5.15. The molecule has 3 nitrogen and oxygen atoms in total. The van der Waals surface area contributed by atoms with E-state index in [1.54, 1.807) is 4.90 Å². The summed E-state index contributed by atoms with van der Waals surface area (Å²) in [5.41, 5.74) is 0. The Labute approximate surface area is 105 Å². The number of nitrogens with zero attached hydrogens (tertiary/aromatic N) is 2. The second-order valence-electron chi connectivity index (χ2n) is 4.29. The normalized spacial score (nSPS) is 30.1. The Kier molecular flexibility index (Phi) is 3.35. The molecule has 2 unspecified atom stereocenters. The third-order valence-corrected chi connectivity index (χ3v) is 3.85.